The Morgan fingerprint density at radius 2 is 1.04 bits per heavy atom. The molecule has 0 bridgehead atoms. The lowest BCUT2D eigenvalue weighted by atomic mass is 9.74. The normalized spacial score (nSPS) is 18.9. The Hall–Kier alpha value is -1.56. The molecule has 328 valence electrons. The van der Waals surface area contributed by atoms with E-state index in [0.717, 1.165) is 35.7 Å². The van der Waals surface area contributed by atoms with Crippen molar-refractivity contribution in [1.82, 2.24) is 0 Å². The lowest BCUT2D eigenvalue weighted by Crippen LogP contribution is -2.21. The Bertz CT molecular complexity index is 1050. The molecule has 0 nitrogen and oxygen atoms in total. The van der Waals surface area contributed by atoms with Gasteiger partial charge in [0.1, 0.15) is 0 Å². The first kappa shape index (κ1) is 62.6. The van der Waals surface area contributed by atoms with Crippen LogP contribution in [0.5, 0.6) is 0 Å². The second kappa shape index (κ2) is 29.6. The van der Waals surface area contributed by atoms with Gasteiger partial charge in [0, 0.05) is 0 Å². The quantitative estimate of drug-likeness (QED) is 0.145. The highest BCUT2D eigenvalue weighted by Gasteiger charge is 2.59. The third-order valence-corrected chi connectivity index (χ3v) is 11.2. The molecular formula is C55H108. The van der Waals surface area contributed by atoms with E-state index in [1.807, 2.05) is 41.5 Å². The Kier molecular flexibility index (Phi) is 33.7. The predicted octanol–water partition coefficient (Wildman–Crippen LogP) is 19.8. The van der Waals surface area contributed by atoms with Gasteiger partial charge < -0.3 is 0 Å². The maximum atomic E-state index is 4.41. The van der Waals surface area contributed by atoms with Crippen LogP contribution in [0.3, 0.4) is 0 Å². The summed E-state index contributed by atoms with van der Waals surface area (Å²) >= 11 is 0. The van der Waals surface area contributed by atoms with Crippen LogP contribution in [0.4, 0.5) is 0 Å². The number of allylic oxidation sites excluding steroid dienone is 6. The fourth-order valence-electron chi connectivity index (χ4n) is 6.45. The highest BCUT2D eigenvalue weighted by Crippen LogP contribution is 2.65. The van der Waals surface area contributed by atoms with Crippen molar-refractivity contribution in [2.75, 3.05) is 0 Å². The Balaban J connectivity index is -0.000000203. The van der Waals surface area contributed by atoms with Crippen LogP contribution in [0.15, 0.2) is 72.9 Å². The van der Waals surface area contributed by atoms with Crippen LogP contribution in [0, 0.1) is 63.1 Å². The summed E-state index contributed by atoms with van der Waals surface area (Å²) < 4.78 is 0. The molecule has 0 aromatic carbocycles. The summed E-state index contributed by atoms with van der Waals surface area (Å²) in [4.78, 5) is 0. The van der Waals surface area contributed by atoms with Gasteiger partial charge in [-0.25, -0.2) is 0 Å². The molecule has 0 heterocycles. The van der Waals surface area contributed by atoms with Gasteiger partial charge in [-0.05, 0) is 117 Å². The van der Waals surface area contributed by atoms with Crippen LogP contribution in [0.2, 0.25) is 0 Å². The molecule has 55 heavy (non-hydrogen) atoms. The number of hydrogen-bond acceptors (Lipinski definition) is 0. The smallest absolute Gasteiger partial charge is 0.0135 e. The maximum Gasteiger partial charge on any atom is -0.0135 e. The second-order valence-electron chi connectivity index (χ2n) is 22.1. The van der Waals surface area contributed by atoms with E-state index in [4.69, 9.17) is 0 Å². The van der Waals surface area contributed by atoms with E-state index < -0.39 is 0 Å². The van der Waals surface area contributed by atoms with Gasteiger partial charge >= 0.3 is 0 Å². The van der Waals surface area contributed by atoms with Crippen LogP contribution in [0.1, 0.15) is 218 Å². The van der Waals surface area contributed by atoms with E-state index in [0.29, 0.717) is 39.4 Å². The minimum Gasteiger partial charge on any atom is -0.100 e. The molecule has 2 rings (SSSR count). The molecule has 0 aromatic rings. The molecule has 0 radical (unpaired) electrons. The number of rotatable bonds is 11. The molecule has 0 N–H and O–H groups in total. The van der Waals surface area contributed by atoms with E-state index in [2.05, 4.69) is 171 Å². The zero-order valence-electron chi connectivity index (χ0n) is 43.2. The molecule has 2 fully saturated rings. The minimum atomic E-state index is 0.305. The van der Waals surface area contributed by atoms with Gasteiger partial charge in [0.2, 0.25) is 0 Å². The van der Waals surface area contributed by atoms with Crippen LogP contribution in [0.25, 0.3) is 0 Å². The Morgan fingerprint density at radius 3 is 1.22 bits per heavy atom. The summed E-state index contributed by atoms with van der Waals surface area (Å²) in [7, 11) is 0. The van der Waals surface area contributed by atoms with Crippen LogP contribution < -0.4 is 0 Å². The topological polar surface area (TPSA) is 0 Å². The molecule has 2 saturated carbocycles. The molecule has 6 unspecified atom stereocenters. The third-order valence-electron chi connectivity index (χ3n) is 11.2. The largest absolute Gasteiger partial charge is 0.100 e. The summed E-state index contributed by atoms with van der Waals surface area (Å²) in [5.41, 5.74) is 9.30. The lowest BCUT2D eigenvalue weighted by Gasteiger charge is -2.31. The lowest BCUT2D eigenvalue weighted by molar-refractivity contribution is 0.254. The first-order valence-electron chi connectivity index (χ1n) is 22.4. The molecule has 0 aromatic heterocycles. The van der Waals surface area contributed by atoms with E-state index in [1.54, 1.807) is 0 Å². The average molecular weight is 769 g/mol. The third kappa shape index (κ3) is 34.2. The Labute approximate surface area is 352 Å². The van der Waals surface area contributed by atoms with Gasteiger partial charge in [0.05, 0.1) is 0 Å². The monoisotopic (exact) mass is 769 g/mol. The zero-order chi connectivity index (χ0) is 45.5. The van der Waals surface area contributed by atoms with Gasteiger partial charge in [-0.2, -0.15) is 0 Å². The molecule has 6 atom stereocenters. The van der Waals surface area contributed by atoms with Crippen molar-refractivity contribution in [3.63, 3.8) is 0 Å². The first-order valence-corrected chi connectivity index (χ1v) is 22.4. The maximum absolute atomic E-state index is 4.41. The van der Waals surface area contributed by atoms with Gasteiger partial charge in [-0.1, -0.05) is 223 Å². The van der Waals surface area contributed by atoms with Crippen molar-refractivity contribution in [3.8, 4) is 0 Å². The molecular weight excluding hydrogens is 661 g/mol. The summed E-state index contributed by atoms with van der Waals surface area (Å²) in [6.45, 7) is 78.9. The standard InChI is InChI=1S/C20H36.C12H20.C8H18.C5H12.2C4H8.C2H6/c1-11-17-18(20(17,9)10)16(13(2)3)12-14(4)15(5)19(6,7)8;1-9(2)11(4)10(3)8-12-6-5-7-12;1-6-7(2)8(3,4)5;1-5(2,3)4;2*1-4(2)3;1-2/h15-18H,2,4,11-12H2,1,3,5-10H3;10,12H,1,4-8H2,2-3H3;7H,6H2,1-5H3;1-4H3;2*1H2,2-3H3;1-2H3. The molecule has 2 aliphatic rings. The van der Waals surface area contributed by atoms with E-state index in [-0.39, 0.29) is 0 Å². The summed E-state index contributed by atoms with van der Waals surface area (Å²) in [6.07, 6.45) is 9.36. The van der Waals surface area contributed by atoms with Crippen molar-refractivity contribution < 1.29 is 0 Å². The van der Waals surface area contributed by atoms with Crippen LogP contribution in [-0.2, 0) is 0 Å². The SMILES string of the molecule is C=C(C)C.C=C(C)C.C=C(C)C(=C)C(C)CC1CCC1.C=C(C)C(CC(=C)C(C)C(C)(C)C)C1C(CC)C1(C)C.CC.CC(C)(C)C.CCC(C)C(C)(C)C. The van der Waals surface area contributed by atoms with E-state index in [1.165, 1.54) is 66.4 Å². The number of hydrogen-bond donors (Lipinski definition) is 0. The van der Waals surface area contributed by atoms with Crippen molar-refractivity contribution in [2.45, 2.75) is 218 Å². The van der Waals surface area contributed by atoms with Crippen LogP contribution >= 0.6 is 0 Å². The van der Waals surface area contributed by atoms with Crippen molar-refractivity contribution >= 4 is 0 Å². The highest BCUT2D eigenvalue weighted by atomic mass is 14.6. The van der Waals surface area contributed by atoms with Gasteiger partial charge in [0.25, 0.3) is 0 Å². The molecule has 0 aliphatic heterocycles. The van der Waals surface area contributed by atoms with E-state index in [9.17, 15) is 0 Å². The van der Waals surface area contributed by atoms with Crippen molar-refractivity contribution in [3.05, 3.63) is 72.9 Å². The molecule has 0 heteroatoms. The first-order chi connectivity index (χ1) is 24.5. The zero-order valence-corrected chi connectivity index (χ0v) is 43.2. The van der Waals surface area contributed by atoms with E-state index >= 15 is 0 Å². The van der Waals surface area contributed by atoms with Gasteiger partial charge in [0.15, 0.2) is 0 Å². The predicted molar refractivity (Wildman–Crippen MR) is 263 cm³/mol. The minimum absolute atomic E-state index is 0.305. The second-order valence-corrected chi connectivity index (χ2v) is 22.1. The summed E-state index contributed by atoms with van der Waals surface area (Å²) in [6, 6.07) is 0. The van der Waals surface area contributed by atoms with Gasteiger partial charge in [-0.15, -0.1) is 13.2 Å². The van der Waals surface area contributed by atoms with Gasteiger partial charge in [-0.3, -0.25) is 0 Å². The fraction of sp³-hybridized carbons (Fsp3) is 0.782. The fourth-order valence-corrected chi connectivity index (χ4v) is 6.45. The highest BCUT2D eigenvalue weighted by molar-refractivity contribution is 5.25. The summed E-state index contributed by atoms with van der Waals surface area (Å²) in [5, 5.41) is 0. The molecule has 0 saturated heterocycles. The average Bonchev–Trinajstić information content (AvgIpc) is 3.54. The van der Waals surface area contributed by atoms with Crippen molar-refractivity contribution in [2.24, 2.45) is 63.1 Å². The molecule has 0 spiro atoms. The van der Waals surface area contributed by atoms with Crippen molar-refractivity contribution in [1.29, 1.82) is 0 Å². The van der Waals surface area contributed by atoms with Crippen LogP contribution in [-0.4, -0.2) is 0 Å². The molecule has 0 amide bonds. The Morgan fingerprint density at radius 1 is 0.673 bits per heavy atom. The molecule has 2 aliphatic carbocycles. The summed E-state index contributed by atoms with van der Waals surface area (Å²) in [5.74, 6) is 5.32.